The van der Waals surface area contributed by atoms with Gasteiger partial charge in [0.2, 0.25) is 0 Å². The minimum Gasteiger partial charge on any atom is -0.357 e. The molecule has 5 nitrogen and oxygen atoms in total. The van der Waals surface area contributed by atoms with Gasteiger partial charge in [0, 0.05) is 13.1 Å². The first kappa shape index (κ1) is 22.4. The summed E-state index contributed by atoms with van der Waals surface area (Å²) in [4.78, 5) is 4.69. The van der Waals surface area contributed by atoms with Crippen LogP contribution in [0.15, 0.2) is 64.5 Å². The van der Waals surface area contributed by atoms with Crippen molar-refractivity contribution in [2.45, 2.75) is 18.4 Å². The third-order valence-corrected chi connectivity index (χ3v) is 5.17. The number of nitrogens with one attached hydrogen (secondary N) is 2. The largest absolute Gasteiger partial charge is 0.357 e. The van der Waals surface area contributed by atoms with Gasteiger partial charge < -0.3 is 10.6 Å². The lowest BCUT2D eigenvalue weighted by atomic mass is 10.2. The van der Waals surface area contributed by atoms with E-state index < -0.39 is 9.84 Å². The maximum Gasteiger partial charge on any atom is 0.191 e. The summed E-state index contributed by atoms with van der Waals surface area (Å²) < 4.78 is 37.4. The summed E-state index contributed by atoms with van der Waals surface area (Å²) in [6, 6.07) is 14.5. The van der Waals surface area contributed by atoms with Gasteiger partial charge >= 0.3 is 0 Å². The SMILES string of the molecule is CCNC(=NCc1ccc(F)cc1)NCCS(=O)(=O)c1ccccc1.I. The fourth-order valence-corrected chi connectivity index (χ4v) is 3.33. The lowest BCUT2D eigenvalue weighted by Gasteiger charge is -2.11. The molecular formula is C18H23FIN3O2S. The minimum absolute atomic E-state index is 0. The maximum absolute atomic E-state index is 12.9. The molecule has 0 spiro atoms. The second-order valence-electron chi connectivity index (χ2n) is 5.38. The van der Waals surface area contributed by atoms with Crippen LogP contribution in [-0.4, -0.2) is 33.2 Å². The zero-order valence-corrected chi connectivity index (χ0v) is 17.6. The van der Waals surface area contributed by atoms with Gasteiger partial charge in [-0.05, 0) is 36.8 Å². The average Bonchev–Trinajstić information content (AvgIpc) is 2.61. The van der Waals surface area contributed by atoms with Gasteiger partial charge in [0.05, 0.1) is 17.2 Å². The number of halogens is 2. The van der Waals surface area contributed by atoms with E-state index in [0.717, 1.165) is 5.56 Å². The molecule has 26 heavy (non-hydrogen) atoms. The van der Waals surface area contributed by atoms with E-state index in [1.54, 1.807) is 42.5 Å². The topological polar surface area (TPSA) is 70.6 Å². The Kier molecular flexibility index (Phi) is 9.57. The number of hydrogen-bond donors (Lipinski definition) is 2. The first-order valence-corrected chi connectivity index (χ1v) is 9.71. The van der Waals surface area contributed by atoms with E-state index >= 15 is 0 Å². The molecule has 0 aliphatic carbocycles. The number of sulfone groups is 1. The Morgan fingerprint density at radius 1 is 1.04 bits per heavy atom. The van der Waals surface area contributed by atoms with E-state index in [4.69, 9.17) is 0 Å². The van der Waals surface area contributed by atoms with Crippen LogP contribution in [0.2, 0.25) is 0 Å². The van der Waals surface area contributed by atoms with Crippen LogP contribution < -0.4 is 10.6 Å². The number of aliphatic imine (C=N–C) groups is 1. The molecule has 2 rings (SSSR count). The molecule has 0 aromatic heterocycles. The summed E-state index contributed by atoms with van der Waals surface area (Å²) in [5.74, 6) is 0.205. The number of guanidine groups is 1. The third kappa shape index (κ3) is 7.28. The van der Waals surface area contributed by atoms with Crippen LogP contribution in [-0.2, 0) is 16.4 Å². The van der Waals surface area contributed by atoms with Gasteiger partial charge in [-0.15, -0.1) is 24.0 Å². The van der Waals surface area contributed by atoms with Crippen molar-refractivity contribution in [3.8, 4) is 0 Å². The molecule has 2 aromatic carbocycles. The Bertz CT molecular complexity index is 797. The Morgan fingerprint density at radius 2 is 1.69 bits per heavy atom. The molecule has 0 radical (unpaired) electrons. The van der Waals surface area contributed by atoms with Crippen molar-refractivity contribution in [1.29, 1.82) is 0 Å². The van der Waals surface area contributed by atoms with Crippen molar-refractivity contribution in [3.05, 3.63) is 66.0 Å². The van der Waals surface area contributed by atoms with E-state index in [0.29, 0.717) is 23.9 Å². The molecule has 0 saturated carbocycles. The van der Waals surface area contributed by atoms with E-state index in [1.165, 1.54) is 12.1 Å². The molecule has 0 fully saturated rings. The fourth-order valence-electron chi connectivity index (χ4n) is 2.15. The summed E-state index contributed by atoms with van der Waals surface area (Å²) in [5.41, 5.74) is 0.871. The van der Waals surface area contributed by atoms with Crippen LogP contribution >= 0.6 is 24.0 Å². The molecule has 0 saturated heterocycles. The Morgan fingerprint density at radius 3 is 2.31 bits per heavy atom. The molecule has 0 atom stereocenters. The van der Waals surface area contributed by atoms with E-state index in [-0.39, 0.29) is 42.1 Å². The summed E-state index contributed by atoms with van der Waals surface area (Å²) in [6.07, 6.45) is 0. The highest BCUT2D eigenvalue weighted by Crippen LogP contribution is 2.09. The molecule has 0 bridgehead atoms. The van der Waals surface area contributed by atoms with Crippen molar-refractivity contribution in [2.75, 3.05) is 18.8 Å². The molecule has 0 amide bonds. The van der Waals surface area contributed by atoms with Crippen LogP contribution in [0.5, 0.6) is 0 Å². The highest BCUT2D eigenvalue weighted by molar-refractivity contribution is 14.0. The zero-order valence-electron chi connectivity index (χ0n) is 14.5. The van der Waals surface area contributed by atoms with E-state index in [2.05, 4.69) is 15.6 Å². The van der Waals surface area contributed by atoms with Crippen LogP contribution in [0.1, 0.15) is 12.5 Å². The van der Waals surface area contributed by atoms with Gasteiger partial charge in [0.15, 0.2) is 15.8 Å². The van der Waals surface area contributed by atoms with Gasteiger partial charge in [0.1, 0.15) is 5.82 Å². The molecule has 0 unspecified atom stereocenters. The smallest absolute Gasteiger partial charge is 0.191 e. The molecular weight excluding hydrogens is 468 g/mol. The van der Waals surface area contributed by atoms with Crippen molar-refractivity contribution in [2.24, 2.45) is 4.99 Å². The number of benzene rings is 2. The fraction of sp³-hybridized carbons (Fsp3) is 0.278. The summed E-state index contributed by atoms with van der Waals surface area (Å²) >= 11 is 0. The summed E-state index contributed by atoms with van der Waals surface area (Å²) in [7, 11) is -3.33. The average molecular weight is 491 g/mol. The minimum atomic E-state index is -3.33. The Labute approximate surface area is 171 Å². The van der Waals surface area contributed by atoms with Crippen molar-refractivity contribution in [3.63, 3.8) is 0 Å². The Hall–Kier alpha value is -1.68. The molecule has 142 valence electrons. The highest BCUT2D eigenvalue weighted by Gasteiger charge is 2.13. The number of rotatable bonds is 7. The number of hydrogen-bond acceptors (Lipinski definition) is 3. The van der Waals surface area contributed by atoms with Crippen molar-refractivity contribution < 1.29 is 12.8 Å². The lowest BCUT2D eigenvalue weighted by Crippen LogP contribution is -2.39. The van der Waals surface area contributed by atoms with Crippen LogP contribution in [0, 0.1) is 5.82 Å². The molecule has 0 aliphatic rings. The van der Waals surface area contributed by atoms with Gasteiger partial charge in [-0.25, -0.2) is 17.8 Å². The Balaban J connectivity index is 0.00000338. The first-order chi connectivity index (χ1) is 12.0. The van der Waals surface area contributed by atoms with E-state index in [9.17, 15) is 12.8 Å². The molecule has 0 heterocycles. The molecule has 2 aromatic rings. The quantitative estimate of drug-likeness (QED) is 0.355. The zero-order chi connectivity index (χ0) is 18.1. The van der Waals surface area contributed by atoms with Crippen LogP contribution in [0.3, 0.4) is 0 Å². The van der Waals surface area contributed by atoms with Gasteiger partial charge in [-0.3, -0.25) is 0 Å². The second kappa shape index (κ2) is 11.1. The van der Waals surface area contributed by atoms with Crippen molar-refractivity contribution >= 4 is 39.8 Å². The summed E-state index contributed by atoms with van der Waals surface area (Å²) in [5, 5.41) is 6.07. The molecule has 0 aliphatic heterocycles. The second-order valence-corrected chi connectivity index (χ2v) is 7.49. The van der Waals surface area contributed by atoms with Gasteiger partial charge in [-0.2, -0.15) is 0 Å². The van der Waals surface area contributed by atoms with Crippen molar-refractivity contribution in [1.82, 2.24) is 10.6 Å². The highest BCUT2D eigenvalue weighted by atomic mass is 127. The first-order valence-electron chi connectivity index (χ1n) is 8.05. The standard InChI is InChI=1S/C18H22FN3O2S.HI/c1-2-20-18(22-14-15-8-10-16(19)11-9-15)21-12-13-25(23,24)17-6-4-3-5-7-17;/h3-11H,2,12-14H2,1H3,(H2,20,21,22);1H. The molecule has 8 heteroatoms. The van der Waals surface area contributed by atoms with Crippen LogP contribution in [0.4, 0.5) is 4.39 Å². The van der Waals surface area contributed by atoms with Gasteiger partial charge in [-0.1, -0.05) is 30.3 Å². The predicted octanol–water partition coefficient (Wildman–Crippen LogP) is 2.97. The van der Waals surface area contributed by atoms with E-state index in [1.807, 2.05) is 6.92 Å². The lowest BCUT2D eigenvalue weighted by molar-refractivity contribution is 0.594. The van der Waals surface area contributed by atoms with Gasteiger partial charge in [0.25, 0.3) is 0 Å². The predicted molar refractivity (Wildman–Crippen MR) is 113 cm³/mol. The maximum atomic E-state index is 12.9. The summed E-state index contributed by atoms with van der Waals surface area (Å²) in [6.45, 7) is 3.20. The third-order valence-electron chi connectivity index (χ3n) is 3.44. The normalized spacial score (nSPS) is 11.5. The monoisotopic (exact) mass is 491 g/mol. The molecule has 2 N–H and O–H groups in total. The van der Waals surface area contributed by atoms with Crippen LogP contribution in [0.25, 0.3) is 0 Å². The number of nitrogens with zero attached hydrogens (tertiary/aromatic N) is 1.